The average Bonchev–Trinajstić information content (AvgIpc) is 2.40. The number of aliphatic carboxylic acids is 1. The molecule has 2 rings (SSSR count). The highest BCUT2D eigenvalue weighted by molar-refractivity contribution is 8.01. The molecule has 0 amide bonds. The van der Waals surface area contributed by atoms with Crippen LogP contribution in [0.1, 0.15) is 13.8 Å². The summed E-state index contributed by atoms with van der Waals surface area (Å²) in [6.45, 7) is 3.34. The maximum Gasteiger partial charge on any atom is 0.319 e. The highest BCUT2D eigenvalue weighted by Gasteiger charge is 2.30. The van der Waals surface area contributed by atoms with Gasteiger partial charge in [0.25, 0.3) is 0 Å². The lowest BCUT2D eigenvalue weighted by atomic mass is 10.1. The molecule has 2 heterocycles. The Hall–Kier alpha value is -1.88. The Morgan fingerprint density at radius 1 is 1.21 bits per heavy atom. The number of nitrogens with zero attached hydrogens (tertiary/aromatic N) is 2. The Morgan fingerprint density at radius 3 is 2.53 bits per heavy atom. The molecule has 0 bridgehead atoms. The van der Waals surface area contributed by atoms with E-state index in [0.717, 1.165) is 11.1 Å². The summed E-state index contributed by atoms with van der Waals surface area (Å²) in [5, 5.41) is 9.91. The summed E-state index contributed by atoms with van der Waals surface area (Å²) >= 11 is 1.24. The first-order valence-corrected chi connectivity index (χ1v) is 6.60. The van der Waals surface area contributed by atoms with Crippen LogP contribution in [0.5, 0.6) is 0 Å². The molecule has 0 radical (unpaired) electrons. The van der Waals surface area contributed by atoms with E-state index in [9.17, 15) is 9.90 Å². The van der Waals surface area contributed by atoms with Crippen LogP contribution in [-0.4, -0.2) is 25.8 Å². The monoisotopic (exact) mass is 274 g/mol. The number of hydrogen-bond acceptors (Lipinski definition) is 4. The quantitative estimate of drug-likeness (QED) is 0.868. The van der Waals surface area contributed by atoms with Gasteiger partial charge in [-0.25, -0.2) is 4.98 Å². The van der Waals surface area contributed by atoms with Gasteiger partial charge in [-0.2, -0.15) is 0 Å². The standard InChI is InChI=1S/C14H14N2O2S/c1-14(2,13(17)18)19-12-11(4-3-7-16-12)10-5-8-15-9-6-10/h3-9H,1-2H3,(H,17,18). The normalized spacial score (nSPS) is 11.3. The molecule has 0 fully saturated rings. The van der Waals surface area contributed by atoms with Crippen molar-refractivity contribution in [3.05, 3.63) is 42.9 Å². The van der Waals surface area contributed by atoms with E-state index in [4.69, 9.17) is 0 Å². The predicted octanol–water partition coefficient (Wildman–Crippen LogP) is 3.10. The average molecular weight is 274 g/mol. The number of thioether (sulfide) groups is 1. The number of carbonyl (C=O) groups is 1. The summed E-state index contributed by atoms with van der Waals surface area (Å²) < 4.78 is -0.921. The molecule has 0 aliphatic rings. The Balaban J connectivity index is 2.40. The molecule has 5 heteroatoms. The minimum atomic E-state index is -0.921. The minimum absolute atomic E-state index is 0.709. The third-order valence-corrected chi connectivity index (χ3v) is 3.83. The van der Waals surface area contributed by atoms with Gasteiger partial charge in [0.2, 0.25) is 0 Å². The van der Waals surface area contributed by atoms with Gasteiger partial charge in [-0.1, -0.05) is 17.8 Å². The lowest BCUT2D eigenvalue weighted by Gasteiger charge is -2.19. The lowest BCUT2D eigenvalue weighted by molar-refractivity contribution is -0.138. The summed E-state index contributed by atoms with van der Waals surface area (Å²) in [5.41, 5.74) is 1.90. The molecule has 0 aromatic carbocycles. The third-order valence-electron chi connectivity index (χ3n) is 2.63. The molecule has 2 aromatic rings. The zero-order chi connectivity index (χ0) is 13.9. The number of rotatable bonds is 4. The van der Waals surface area contributed by atoms with Crippen LogP contribution in [0, 0.1) is 0 Å². The van der Waals surface area contributed by atoms with Crippen molar-refractivity contribution in [1.29, 1.82) is 0 Å². The van der Waals surface area contributed by atoms with Crippen LogP contribution in [0.4, 0.5) is 0 Å². The van der Waals surface area contributed by atoms with Crippen molar-refractivity contribution in [2.75, 3.05) is 0 Å². The van der Waals surface area contributed by atoms with Gasteiger partial charge < -0.3 is 5.11 Å². The van der Waals surface area contributed by atoms with E-state index in [0.29, 0.717) is 5.03 Å². The number of aromatic nitrogens is 2. The molecule has 19 heavy (non-hydrogen) atoms. The van der Waals surface area contributed by atoms with Crippen LogP contribution in [0.15, 0.2) is 47.9 Å². The molecule has 2 aromatic heterocycles. The molecule has 0 spiro atoms. The first-order chi connectivity index (χ1) is 9.00. The second-order valence-corrected chi connectivity index (χ2v) is 6.12. The molecule has 4 nitrogen and oxygen atoms in total. The largest absolute Gasteiger partial charge is 0.480 e. The molecule has 0 saturated heterocycles. The van der Waals surface area contributed by atoms with Crippen molar-refractivity contribution in [3.63, 3.8) is 0 Å². The lowest BCUT2D eigenvalue weighted by Crippen LogP contribution is -2.27. The number of hydrogen-bond donors (Lipinski definition) is 1. The van der Waals surface area contributed by atoms with Gasteiger partial charge in [0.1, 0.15) is 9.77 Å². The summed E-state index contributed by atoms with van der Waals surface area (Å²) in [6, 6.07) is 7.54. The van der Waals surface area contributed by atoms with Crippen LogP contribution in [0.3, 0.4) is 0 Å². The van der Waals surface area contributed by atoms with Gasteiger partial charge in [-0.3, -0.25) is 9.78 Å². The maximum atomic E-state index is 11.2. The van der Waals surface area contributed by atoms with Gasteiger partial charge in [0.05, 0.1) is 0 Å². The Morgan fingerprint density at radius 2 is 1.89 bits per heavy atom. The molecule has 0 saturated carbocycles. The zero-order valence-electron chi connectivity index (χ0n) is 10.7. The second kappa shape index (κ2) is 5.40. The Bertz CT molecular complexity index is 585. The fourth-order valence-electron chi connectivity index (χ4n) is 1.51. The Kier molecular flexibility index (Phi) is 3.85. The molecule has 1 N–H and O–H groups in total. The fraction of sp³-hybridized carbons (Fsp3) is 0.214. The van der Waals surface area contributed by atoms with Gasteiger partial charge in [0.15, 0.2) is 0 Å². The van der Waals surface area contributed by atoms with Gasteiger partial charge in [-0.15, -0.1) is 0 Å². The van der Waals surface area contributed by atoms with Crippen molar-refractivity contribution >= 4 is 17.7 Å². The number of carboxylic acids is 1. The number of pyridine rings is 2. The highest BCUT2D eigenvalue weighted by Crippen LogP contribution is 2.37. The minimum Gasteiger partial charge on any atom is -0.480 e. The molecule has 0 atom stereocenters. The highest BCUT2D eigenvalue weighted by atomic mass is 32.2. The number of carboxylic acid groups (broad SMARTS) is 1. The van der Waals surface area contributed by atoms with Crippen LogP contribution >= 0.6 is 11.8 Å². The molecule has 0 unspecified atom stereocenters. The van der Waals surface area contributed by atoms with E-state index in [1.165, 1.54) is 11.8 Å². The van der Waals surface area contributed by atoms with Crippen molar-refractivity contribution in [2.24, 2.45) is 0 Å². The molecule has 0 aliphatic heterocycles. The van der Waals surface area contributed by atoms with Crippen LogP contribution in [0.25, 0.3) is 11.1 Å². The van der Waals surface area contributed by atoms with Crippen molar-refractivity contribution < 1.29 is 9.90 Å². The van der Waals surface area contributed by atoms with Crippen molar-refractivity contribution in [2.45, 2.75) is 23.6 Å². The first kappa shape index (κ1) is 13.5. The van der Waals surface area contributed by atoms with E-state index < -0.39 is 10.7 Å². The van der Waals surface area contributed by atoms with Crippen molar-refractivity contribution in [1.82, 2.24) is 9.97 Å². The smallest absolute Gasteiger partial charge is 0.319 e. The van der Waals surface area contributed by atoms with E-state index in [-0.39, 0.29) is 0 Å². The fourth-order valence-corrected chi connectivity index (χ4v) is 2.49. The SMILES string of the molecule is CC(C)(Sc1ncccc1-c1ccncc1)C(=O)O. The van der Waals surface area contributed by atoms with E-state index >= 15 is 0 Å². The van der Waals surface area contributed by atoms with E-state index in [1.54, 1.807) is 32.4 Å². The van der Waals surface area contributed by atoms with Crippen LogP contribution < -0.4 is 0 Å². The van der Waals surface area contributed by atoms with E-state index in [2.05, 4.69) is 9.97 Å². The maximum absolute atomic E-state index is 11.2. The second-order valence-electron chi connectivity index (χ2n) is 4.51. The summed E-state index contributed by atoms with van der Waals surface area (Å²) in [4.78, 5) is 19.5. The zero-order valence-corrected chi connectivity index (χ0v) is 11.5. The Labute approximate surface area is 115 Å². The van der Waals surface area contributed by atoms with Gasteiger partial charge in [-0.05, 0) is 37.6 Å². The van der Waals surface area contributed by atoms with Gasteiger partial charge in [0, 0.05) is 24.2 Å². The molecular weight excluding hydrogens is 260 g/mol. The topological polar surface area (TPSA) is 63.1 Å². The summed E-state index contributed by atoms with van der Waals surface area (Å²) in [5.74, 6) is -0.858. The van der Waals surface area contributed by atoms with Crippen LogP contribution in [-0.2, 0) is 4.79 Å². The van der Waals surface area contributed by atoms with E-state index in [1.807, 2.05) is 24.3 Å². The first-order valence-electron chi connectivity index (χ1n) is 5.78. The third kappa shape index (κ3) is 3.12. The van der Waals surface area contributed by atoms with Crippen LogP contribution in [0.2, 0.25) is 0 Å². The molecular formula is C14H14N2O2S. The predicted molar refractivity (Wildman–Crippen MR) is 75.0 cm³/mol. The van der Waals surface area contributed by atoms with Crippen molar-refractivity contribution in [3.8, 4) is 11.1 Å². The van der Waals surface area contributed by atoms with Gasteiger partial charge >= 0.3 is 5.97 Å². The molecule has 98 valence electrons. The summed E-state index contributed by atoms with van der Waals surface area (Å²) in [6.07, 6.45) is 5.09. The molecule has 0 aliphatic carbocycles. The summed E-state index contributed by atoms with van der Waals surface area (Å²) in [7, 11) is 0.